The van der Waals surface area contributed by atoms with Crippen molar-refractivity contribution in [3.63, 3.8) is 0 Å². The molecular weight excluding hydrogens is 442 g/mol. The SMILES string of the molecule is O=C1CCC(N2Cc3cc(CCC(=O)C(F)(F)c4ccc(C5CC5)cc4)ccc3C2=O)C(=O)N1. The van der Waals surface area contributed by atoms with Crippen LogP contribution in [-0.4, -0.2) is 34.4 Å². The summed E-state index contributed by atoms with van der Waals surface area (Å²) in [4.78, 5) is 50.1. The van der Waals surface area contributed by atoms with Crippen molar-refractivity contribution >= 4 is 23.5 Å². The second kappa shape index (κ2) is 8.42. The van der Waals surface area contributed by atoms with Crippen LogP contribution in [-0.2, 0) is 33.3 Å². The Morgan fingerprint density at radius 2 is 1.76 bits per heavy atom. The van der Waals surface area contributed by atoms with Gasteiger partial charge in [-0.25, -0.2) is 0 Å². The van der Waals surface area contributed by atoms with E-state index in [-0.39, 0.29) is 49.6 Å². The lowest BCUT2D eigenvalue weighted by Gasteiger charge is -2.29. The number of nitrogens with zero attached hydrogens (tertiary/aromatic N) is 1. The molecule has 2 aliphatic heterocycles. The molecule has 1 N–H and O–H groups in total. The van der Waals surface area contributed by atoms with E-state index < -0.39 is 23.7 Å². The van der Waals surface area contributed by atoms with E-state index in [0.717, 1.165) is 18.4 Å². The summed E-state index contributed by atoms with van der Waals surface area (Å²) >= 11 is 0. The van der Waals surface area contributed by atoms with Crippen LogP contribution in [0.3, 0.4) is 0 Å². The van der Waals surface area contributed by atoms with E-state index in [9.17, 15) is 28.0 Å². The summed E-state index contributed by atoms with van der Waals surface area (Å²) in [7, 11) is 0. The fourth-order valence-electron chi connectivity index (χ4n) is 4.74. The number of fused-ring (bicyclic) bond motifs is 1. The zero-order chi connectivity index (χ0) is 24.0. The maximum atomic E-state index is 14.7. The molecule has 1 unspecified atom stereocenters. The molecule has 0 aromatic heterocycles. The van der Waals surface area contributed by atoms with Gasteiger partial charge in [0.15, 0.2) is 0 Å². The normalized spacial score (nSPS) is 20.4. The fraction of sp³-hybridized carbons (Fsp3) is 0.385. The number of amides is 3. The molecule has 5 rings (SSSR count). The second-order valence-corrected chi connectivity index (χ2v) is 9.29. The number of rotatable bonds is 7. The van der Waals surface area contributed by atoms with E-state index >= 15 is 0 Å². The average molecular weight is 466 g/mol. The maximum Gasteiger partial charge on any atom is 0.330 e. The standard InChI is InChI=1S/C26H24F2N2O4/c27-26(28,19-7-5-17(6-8-19)16-3-4-16)22(31)11-2-15-1-9-20-18(13-15)14-30(25(20)34)21-10-12-23(32)29-24(21)33/h1,5-9,13,16,21H,2-4,10-12,14H2,(H,29,32,33). The Balaban J connectivity index is 1.23. The van der Waals surface area contributed by atoms with Gasteiger partial charge in [-0.3, -0.25) is 24.5 Å². The number of carbonyl (C=O) groups excluding carboxylic acids is 4. The zero-order valence-corrected chi connectivity index (χ0v) is 18.5. The average Bonchev–Trinajstić information content (AvgIpc) is 3.62. The molecule has 6 nitrogen and oxygen atoms in total. The molecule has 0 radical (unpaired) electrons. The third kappa shape index (κ3) is 4.13. The highest BCUT2D eigenvalue weighted by Gasteiger charge is 2.41. The van der Waals surface area contributed by atoms with Crippen LogP contribution in [0.25, 0.3) is 0 Å². The largest absolute Gasteiger partial charge is 0.330 e. The highest BCUT2D eigenvalue weighted by atomic mass is 19.3. The zero-order valence-electron chi connectivity index (χ0n) is 18.5. The van der Waals surface area contributed by atoms with Crippen molar-refractivity contribution in [1.29, 1.82) is 0 Å². The lowest BCUT2D eigenvalue weighted by molar-refractivity contribution is -0.144. The number of Topliss-reactive ketones (excluding diaryl/α,β-unsaturated/α-hetero) is 1. The van der Waals surface area contributed by atoms with Gasteiger partial charge < -0.3 is 4.90 Å². The number of nitrogens with one attached hydrogen (secondary N) is 1. The Morgan fingerprint density at radius 3 is 2.44 bits per heavy atom. The molecule has 1 saturated heterocycles. The molecule has 176 valence electrons. The molecule has 1 aliphatic carbocycles. The molecule has 2 aromatic rings. The smallest absolute Gasteiger partial charge is 0.322 e. The molecule has 3 aliphatic rings. The molecule has 3 amide bonds. The highest BCUT2D eigenvalue weighted by Crippen LogP contribution is 2.41. The van der Waals surface area contributed by atoms with E-state index in [1.54, 1.807) is 30.3 Å². The molecule has 34 heavy (non-hydrogen) atoms. The second-order valence-electron chi connectivity index (χ2n) is 9.29. The van der Waals surface area contributed by atoms with Crippen molar-refractivity contribution in [2.45, 2.75) is 63.0 Å². The minimum absolute atomic E-state index is 0.120. The van der Waals surface area contributed by atoms with Crippen LogP contribution in [0.2, 0.25) is 0 Å². The first-order valence-electron chi connectivity index (χ1n) is 11.5. The fourth-order valence-corrected chi connectivity index (χ4v) is 4.74. The Bertz CT molecular complexity index is 1190. The predicted octanol–water partition coefficient (Wildman–Crippen LogP) is 3.62. The van der Waals surface area contributed by atoms with Crippen LogP contribution in [0.15, 0.2) is 42.5 Å². The van der Waals surface area contributed by atoms with Gasteiger partial charge in [-0.1, -0.05) is 36.4 Å². The van der Waals surface area contributed by atoms with Crippen molar-refractivity contribution < 1.29 is 28.0 Å². The first-order chi connectivity index (χ1) is 16.2. The highest BCUT2D eigenvalue weighted by molar-refractivity contribution is 6.05. The summed E-state index contributed by atoms with van der Waals surface area (Å²) in [6.07, 6.45) is 2.37. The molecule has 2 fully saturated rings. The summed E-state index contributed by atoms with van der Waals surface area (Å²) in [5, 5.41) is 2.26. The summed E-state index contributed by atoms with van der Waals surface area (Å²) in [6, 6.07) is 10.3. The first kappa shape index (κ1) is 22.4. The molecule has 2 heterocycles. The van der Waals surface area contributed by atoms with Gasteiger partial charge >= 0.3 is 5.92 Å². The number of hydrogen-bond acceptors (Lipinski definition) is 4. The predicted molar refractivity (Wildman–Crippen MR) is 118 cm³/mol. The van der Waals surface area contributed by atoms with Crippen molar-refractivity contribution in [3.05, 3.63) is 70.3 Å². The van der Waals surface area contributed by atoms with Crippen molar-refractivity contribution in [1.82, 2.24) is 10.2 Å². The topological polar surface area (TPSA) is 83.6 Å². The maximum absolute atomic E-state index is 14.7. The third-order valence-corrected chi connectivity index (χ3v) is 6.90. The summed E-state index contributed by atoms with van der Waals surface area (Å²) in [5.74, 6) is -5.39. The number of hydrogen-bond donors (Lipinski definition) is 1. The number of alkyl halides is 2. The van der Waals surface area contributed by atoms with Crippen LogP contribution in [0.5, 0.6) is 0 Å². The van der Waals surface area contributed by atoms with Gasteiger partial charge in [0.1, 0.15) is 6.04 Å². The number of aryl methyl sites for hydroxylation is 1. The van der Waals surface area contributed by atoms with E-state index in [1.165, 1.54) is 17.0 Å². The van der Waals surface area contributed by atoms with Crippen molar-refractivity contribution in [2.24, 2.45) is 0 Å². The van der Waals surface area contributed by atoms with Crippen LogP contribution < -0.4 is 5.32 Å². The molecule has 1 saturated carbocycles. The van der Waals surface area contributed by atoms with Gasteiger partial charge in [0.25, 0.3) is 5.91 Å². The van der Waals surface area contributed by atoms with E-state index in [0.29, 0.717) is 22.6 Å². The van der Waals surface area contributed by atoms with Crippen molar-refractivity contribution in [2.75, 3.05) is 0 Å². The minimum atomic E-state index is -3.56. The van der Waals surface area contributed by atoms with Gasteiger partial charge in [-0.05, 0) is 54.4 Å². The monoisotopic (exact) mass is 466 g/mol. The van der Waals surface area contributed by atoms with Gasteiger partial charge in [-0.2, -0.15) is 8.78 Å². The molecule has 0 spiro atoms. The number of halogens is 2. The van der Waals surface area contributed by atoms with Crippen LogP contribution in [0, 0.1) is 0 Å². The van der Waals surface area contributed by atoms with Gasteiger partial charge in [0.05, 0.1) is 0 Å². The van der Waals surface area contributed by atoms with Gasteiger partial charge in [-0.15, -0.1) is 0 Å². The Morgan fingerprint density at radius 1 is 1.03 bits per heavy atom. The third-order valence-electron chi connectivity index (χ3n) is 6.90. The molecule has 8 heteroatoms. The number of piperidine rings is 1. The summed E-state index contributed by atoms with van der Waals surface area (Å²) < 4.78 is 29.5. The van der Waals surface area contributed by atoms with Crippen LogP contribution >= 0.6 is 0 Å². The number of imide groups is 1. The molecule has 0 bridgehead atoms. The Kier molecular flexibility index (Phi) is 5.54. The van der Waals surface area contributed by atoms with E-state index in [1.807, 2.05) is 0 Å². The Hall–Kier alpha value is -3.42. The van der Waals surface area contributed by atoms with Crippen LogP contribution in [0.4, 0.5) is 8.78 Å². The number of carbonyl (C=O) groups is 4. The minimum Gasteiger partial charge on any atom is -0.322 e. The molecule has 2 aromatic carbocycles. The quantitative estimate of drug-likeness (QED) is 0.632. The van der Waals surface area contributed by atoms with E-state index in [2.05, 4.69) is 5.32 Å². The van der Waals surface area contributed by atoms with E-state index in [4.69, 9.17) is 0 Å². The van der Waals surface area contributed by atoms with Crippen molar-refractivity contribution in [3.8, 4) is 0 Å². The molecule has 1 atom stereocenters. The Labute approximate surface area is 195 Å². The molecular formula is C26H24F2N2O4. The number of benzene rings is 2. The van der Waals surface area contributed by atoms with Gasteiger partial charge in [0, 0.05) is 30.5 Å². The lowest BCUT2D eigenvalue weighted by atomic mass is 9.96. The summed E-state index contributed by atoms with van der Waals surface area (Å²) in [6.45, 7) is 0.200. The van der Waals surface area contributed by atoms with Gasteiger partial charge in [0.2, 0.25) is 17.6 Å². The van der Waals surface area contributed by atoms with Crippen LogP contribution in [0.1, 0.15) is 70.6 Å². The number of ketones is 1. The first-order valence-corrected chi connectivity index (χ1v) is 11.5. The summed E-state index contributed by atoms with van der Waals surface area (Å²) in [5.41, 5.74) is 2.54. The lowest BCUT2D eigenvalue weighted by Crippen LogP contribution is -2.52.